The molecule has 4 aromatic rings. The number of nitrogens with zero attached hydrogens (tertiary/aromatic N) is 7. The Hall–Kier alpha value is -3.99. The number of pyridine rings is 1. The summed E-state index contributed by atoms with van der Waals surface area (Å²) in [5.74, 6) is 2.27. The second kappa shape index (κ2) is 8.03. The highest BCUT2D eigenvalue weighted by atomic mass is 16.5. The molecule has 0 radical (unpaired) electrons. The topological polar surface area (TPSA) is 96.7 Å². The molecular formula is C23H21N7O. The molecule has 0 saturated carbocycles. The van der Waals surface area contributed by atoms with Gasteiger partial charge in [0.05, 0.1) is 17.7 Å². The second-order valence-electron chi connectivity index (χ2n) is 7.63. The molecule has 5 rings (SSSR count). The van der Waals surface area contributed by atoms with E-state index in [-0.39, 0.29) is 6.04 Å². The summed E-state index contributed by atoms with van der Waals surface area (Å²) in [6.07, 6.45) is 6.67. The number of benzene rings is 1. The highest BCUT2D eigenvalue weighted by Gasteiger charge is 2.30. The first-order chi connectivity index (χ1) is 15.2. The first kappa shape index (κ1) is 19.0. The summed E-state index contributed by atoms with van der Waals surface area (Å²) in [6, 6.07) is 15.4. The molecule has 8 heteroatoms. The molecule has 8 nitrogen and oxygen atoms in total. The summed E-state index contributed by atoms with van der Waals surface area (Å²) >= 11 is 0. The van der Waals surface area contributed by atoms with Gasteiger partial charge in [-0.3, -0.25) is 9.55 Å². The van der Waals surface area contributed by atoms with E-state index in [0.29, 0.717) is 11.3 Å². The van der Waals surface area contributed by atoms with Crippen molar-refractivity contribution in [3.63, 3.8) is 0 Å². The van der Waals surface area contributed by atoms with Crippen LogP contribution in [0.3, 0.4) is 0 Å². The monoisotopic (exact) mass is 411 g/mol. The Bertz CT molecular complexity index is 1240. The van der Waals surface area contributed by atoms with Crippen molar-refractivity contribution in [3.05, 3.63) is 66.1 Å². The van der Waals surface area contributed by atoms with Crippen LogP contribution in [0.1, 0.15) is 36.6 Å². The van der Waals surface area contributed by atoms with E-state index in [4.69, 9.17) is 9.78 Å². The predicted octanol–water partition coefficient (Wildman–Crippen LogP) is 4.14. The van der Waals surface area contributed by atoms with Gasteiger partial charge in [-0.2, -0.15) is 5.26 Å². The third-order valence-electron chi connectivity index (χ3n) is 5.70. The fourth-order valence-electron chi connectivity index (χ4n) is 4.13. The van der Waals surface area contributed by atoms with Gasteiger partial charge in [0.1, 0.15) is 5.69 Å². The Morgan fingerprint density at radius 1 is 1.06 bits per heavy atom. The van der Waals surface area contributed by atoms with Crippen LogP contribution in [0, 0.1) is 11.3 Å². The quantitative estimate of drug-likeness (QED) is 0.498. The summed E-state index contributed by atoms with van der Waals surface area (Å²) in [5, 5.41) is 22.5. The summed E-state index contributed by atoms with van der Waals surface area (Å²) in [5.41, 5.74) is 3.28. The molecule has 0 unspecified atom stereocenters. The van der Waals surface area contributed by atoms with Gasteiger partial charge in [-0.25, -0.2) is 0 Å². The Kier molecular flexibility index (Phi) is 4.92. The first-order valence-corrected chi connectivity index (χ1v) is 10.3. The van der Waals surface area contributed by atoms with Crippen LogP contribution in [-0.4, -0.2) is 31.4 Å². The molecule has 1 aliphatic heterocycles. The number of piperidine rings is 1. The number of anilines is 1. The van der Waals surface area contributed by atoms with E-state index in [2.05, 4.69) is 31.3 Å². The summed E-state index contributed by atoms with van der Waals surface area (Å²) in [7, 11) is 1.98. The van der Waals surface area contributed by atoms with Gasteiger partial charge < -0.3 is 9.42 Å². The van der Waals surface area contributed by atoms with E-state index in [1.165, 1.54) is 0 Å². The molecule has 4 heterocycles. The average molecular weight is 411 g/mol. The third-order valence-corrected chi connectivity index (χ3v) is 5.70. The molecular weight excluding hydrogens is 390 g/mol. The number of rotatable bonds is 4. The minimum Gasteiger partial charge on any atom is -0.356 e. The zero-order valence-corrected chi connectivity index (χ0v) is 17.1. The molecule has 0 N–H and O–H groups in total. The van der Waals surface area contributed by atoms with Crippen LogP contribution in [0.2, 0.25) is 0 Å². The van der Waals surface area contributed by atoms with Crippen molar-refractivity contribution in [2.75, 3.05) is 11.4 Å². The zero-order chi connectivity index (χ0) is 21.2. The molecule has 1 aromatic carbocycles. The van der Waals surface area contributed by atoms with Gasteiger partial charge in [-0.05, 0) is 43.5 Å². The van der Waals surface area contributed by atoms with Gasteiger partial charge in [0, 0.05) is 43.2 Å². The lowest BCUT2D eigenvalue weighted by atomic mass is 9.99. The van der Waals surface area contributed by atoms with Crippen LogP contribution < -0.4 is 4.90 Å². The lowest BCUT2D eigenvalue weighted by Crippen LogP contribution is -2.35. The Morgan fingerprint density at radius 3 is 2.77 bits per heavy atom. The highest BCUT2D eigenvalue weighted by Crippen LogP contribution is 2.36. The van der Waals surface area contributed by atoms with Crippen molar-refractivity contribution in [1.82, 2.24) is 24.9 Å². The van der Waals surface area contributed by atoms with Crippen molar-refractivity contribution in [2.24, 2.45) is 7.05 Å². The maximum Gasteiger partial charge on any atom is 0.227 e. The number of aromatic nitrogens is 5. The van der Waals surface area contributed by atoms with Crippen LogP contribution >= 0.6 is 0 Å². The summed E-state index contributed by atoms with van der Waals surface area (Å²) in [4.78, 5) is 6.34. The third kappa shape index (κ3) is 3.55. The molecule has 31 heavy (non-hydrogen) atoms. The van der Waals surface area contributed by atoms with Gasteiger partial charge in [0.15, 0.2) is 11.6 Å². The Balaban J connectivity index is 1.47. The highest BCUT2D eigenvalue weighted by molar-refractivity contribution is 5.61. The number of nitriles is 1. The lowest BCUT2D eigenvalue weighted by Gasteiger charge is -2.34. The van der Waals surface area contributed by atoms with E-state index in [1.807, 2.05) is 48.0 Å². The molecule has 0 amide bonds. The van der Waals surface area contributed by atoms with E-state index in [9.17, 15) is 0 Å². The van der Waals surface area contributed by atoms with Gasteiger partial charge in [0.25, 0.3) is 0 Å². The molecule has 0 bridgehead atoms. The van der Waals surface area contributed by atoms with Gasteiger partial charge in [0.2, 0.25) is 5.95 Å². The fourth-order valence-corrected chi connectivity index (χ4v) is 4.13. The van der Waals surface area contributed by atoms with Crippen LogP contribution in [0.15, 0.2) is 59.4 Å². The molecule has 1 saturated heterocycles. The summed E-state index contributed by atoms with van der Waals surface area (Å²) in [6.45, 7) is 0.874. The van der Waals surface area contributed by atoms with Crippen LogP contribution in [-0.2, 0) is 7.05 Å². The van der Waals surface area contributed by atoms with E-state index >= 15 is 0 Å². The molecule has 1 fully saturated rings. The summed E-state index contributed by atoms with van der Waals surface area (Å²) < 4.78 is 7.68. The van der Waals surface area contributed by atoms with Gasteiger partial charge >= 0.3 is 0 Å². The first-order valence-electron chi connectivity index (χ1n) is 10.3. The van der Waals surface area contributed by atoms with Crippen molar-refractivity contribution >= 4 is 5.95 Å². The van der Waals surface area contributed by atoms with E-state index in [0.717, 1.165) is 54.4 Å². The smallest absolute Gasteiger partial charge is 0.227 e. The number of hydrogen-bond donors (Lipinski definition) is 0. The van der Waals surface area contributed by atoms with Crippen molar-refractivity contribution < 1.29 is 4.52 Å². The minimum absolute atomic E-state index is 0.0542. The van der Waals surface area contributed by atoms with Crippen molar-refractivity contribution in [1.29, 1.82) is 5.26 Å². The second-order valence-corrected chi connectivity index (χ2v) is 7.63. The predicted molar refractivity (Wildman–Crippen MR) is 115 cm³/mol. The Morgan fingerprint density at radius 2 is 1.94 bits per heavy atom. The Labute approximate surface area is 179 Å². The fraction of sp³-hybridized carbons (Fsp3) is 0.261. The zero-order valence-electron chi connectivity index (χ0n) is 17.1. The molecule has 3 aromatic heterocycles. The average Bonchev–Trinajstić information content (AvgIpc) is 3.47. The maximum atomic E-state index is 9.17. The lowest BCUT2D eigenvalue weighted by molar-refractivity contribution is 0.392. The molecule has 1 aliphatic rings. The van der Waals surface area contributed by atoms with Crippen LogP contribution in [0.5, 0.6) is 0 Å². The molecule has 0 aliphatic carbocycles. The van der Waals surface area contributed by atoms with E-state index < -0.39 is 0 Å². The minimum atomic E-state index is 0.0542. The van der Waals surface area contributed by atoms with E-state index in [1.54, 1.807) is 18.5 Å². The molecule has 0 spiro atoms. The van der Waals surface area contributed by atoms with Gasteiger partial charge in [-0.1, -0.05) is 17.3 Å². The van der Waals surface area contributed by atoms with Gasteiger partial charge in [-0.15, -0.1) is 10.2 Å². The standard InChI is InChI=1S/C23H21N7O/c1-29-22(17-8-10-25-11-9-17)26-27-23(29)30-12-3-2-7-20(30)19-14-21(31-28-19)18-6-4-5-16(13-18)15-24/h4-6,8-11,13-14,20H,2-3,7,12H2,1H3/t20-/m1/s1. The largest absolute Gasteiger partial charge is 0.356 e. The van der Waals surface area contributed by atoms with Crippen molar-refractivity contribution in [3.8, 4) is 28.8 Å². The normalized spacial score (nSPS) is 16.3. The molecule has 154 valence electrons. The molecule has 1 atom stereocenters. The van der Waals surface area contributed by atoms with Crippen LogP contribution in [0.4, 0.5) is 5.95 Å². The number of hydrogen-bond acceptors (Lipinski definition) is 7. The van der Waals surface area contributed by atoms with Crippen LogP contribution in [0.25, 0.3) is 22.7 Å². The maximum absolute atomic E-state index is 9.17. The van der Waals surface area contributed by atoms with Crippen molar-refractivity contribution in [2.45, 2.75) is 25.3 Å². The SMILES string of the molecule is Cn1c(-c2ccncc2)nnc1N1CCCC[C@@H]1c1cc(-c2cccc(C#N)c2)on1.